The molecule has 0 saturated carbocycles. The quantitative estimate of drug-likeness (QED) is 0.189. The first kappa shape index (κ1) is 27.9. The molecule has 232 valence electrons. The van der Waals surface area contributed by atoms with E-state index in [9.17, 15) is 0 Å². The molecule has 0 unspecified atom stereocenters. The Morgan fingerprint density at radius 1 is 0.367 bits per heavy atom. The van der Waals surface area contributed by atoms with Crippen molar-refractivity contribution in [2.24, 2.45) is 0 Å². The van der Waals surface area contributed by atoms with E-state index in [1.165, 1.54) is 88.4 Å². The third-order valence-corrected chi connectivity index (χ3v) is 10.8. The lowest BCUT2D eigenvalue weighted by Gasteiger charge is -2.42. The summed E-state index contributed by atoms with van der Waals surface area (Å²) in [6, 6.07) is 62.5. The van der Waals surface area contributed by atoms with Crippen LogP contribution in [-0.4, -0.2) is 4.57 Å². The van der Waals surface area contributed by atoms with Gasteiger partial charge in [0.15, 0.2) is 0 Å². The summed E-state index contributed by atoms with van der Waals surface area (Å²) in [6.07, 6.45) is 0. The Morgan fingerprint density at radius 2 is 0.898 bits per heavy atom. The molecule has 0 amide bonds. The van der Waals surface area contributed by atoms with Gasteiger partial charge in [0.25, 0.3) is 0 Å². The van der Waals surface area contributed by atoms with Crippen molar-refractivity contribution in [3.8, 4) is 16.8 Å². The van der Waals surface area contributed by atoms with Crippen molar-refractivity contribution >= 4 is 60.4 Å². The molecule has 2 heteroatoms. The van der Waals surface area contributed by atoms with Crippen molar-refractivity contribution in [2.75, 3.05) is 4.90 Å². The molecule has 2 heterocycles. The first-order valence-electron chi connectivity index (χ1n) is 17.1. The molecule has 49 heavy (non-hydrogen) atoms. The van der Waals surface area contributed by atoms with E-state index >= 15 is 0 Å². The van der Waals surface area contributed by atoms with E-state index in [-0.39, 0.29) is 5.41 Å². The van der Waals surface area contributed by atoms with Crippen molar-refractivity contribution < 1.29 is 0 Å². The van der Waals surface area contributed by atoms with E-state index in [0.29, 0.717) is 0 Å². The molecular formula is C47H34N2. The third kappa shape index (κ3) is 4.07. The maximum Gasteiger partial charge on any atom is 0.0541 e. The van der Waals surface area contributed by atoms with Gasteiger partial charge in [0.05, 0.1) is 33.8 Å². The minimum Gasteiger partial charge on any atom is -0.309 e. The van der Waals surface area contributed by atoms with Gasteiger partial charge >= 0.3 is 0 Å². The number of benzene rings is 8. The fourth-order valence-corrected chi connectivity index (χ4v) is 8.36. The zero-order chi connectivity index (χ0) is 32.7. The lowest BCUT2D eigenvalue weighted by atomic mass is 9.73. The SMILES string of the molecule is CC1(C)c2ccccc2N(c2cccc3ccccc23)c2ccc(-c3ccc4c(c3)c3ccccc3n4-c3cccc4ccccc34)cc21. The Morgan fingerprint density at radius 3 is 1.69 bits per heavy atom. The van der Waals surface area contributed by atoms with Crippen LogP contribution in [0.15, 0.2) is 170 Å². The monoisotopic (exact) mass is 626 g/mol. The van der Waals surface area contributed by atoms with Crippen molar-refractivity contribution in [1.29, 1.82) is 0 Å². The maximum absolute atomic E-state index is 2.48. The van der Waals surface area contributed by atoms with Gasteiger partial charge in [0, 0.05) is 27.0 Å². The molecule has 0 aliphatic carbocycles. The highest BCUT2D eigenvalue weighted by Crippen LogP contribution is 2.53. The molecule has 1 aliphatic heterocycles. The number of para-hydroxylation sites is 2. The lowest BCUT2D eigenvalue weighted by Crippen LogP contribution is -2.30. The summed E-state index contributed by atoms with van der Waals surface area (Å²) in [6.45, 7) is 4.74. The molecule has 2 nitrogen and oxygen atoms in total. The molecule has 1 aromatic heterocycles. The van der Waals surface area contributed by atoms with E-state index < -0.39 is 0 Å². The molecule has 0 fully saturated rings. The normalized spacial score (nSPS) is 13.6. The minimum atomic E-state index is -0.183. The fraction of sp³-hybridized carbons (Fsp3) is 0.0638. The maximum atomic E-state index is 2.48. The number of hydrogen-bond donors (Lipinski definition) is 0. The molecule has 1 aliphatic rings. The predicted molar refractivity (Wildman–Crippen MR) is 208 cm³/mol. The topological polar surface area (TPSA) is 8.17 Å². The molecule has 0 atom stereocenters. The van der Waals surface area contributed by atoms with Crippen LogP contribution in [0.1, 0.15) is 25.0 Å². The van der Waals surface area contributed by atoms with Crippen LogP contribution in [-0.2, 0) is 5.41 Å². The summed E-state index contributed by atoms with van der Waals surface area (Å²) in [4.78, 5) is 2.48. The van der Waals surface area contributed by atoms with Gasteiger partial charge in [-0.15, -0.1) is 0 Å². The van der Waals surface area contributed by atoms with Gasteiger partial charge in [0.1, 0.15) is 0 Å². The number of anilines is 3. The smallest absolute Gasteiger partial charge is 0.0541 e. The average Bonchev–Trinajstić information content (AvgIpc) is 3.48. The van der Waals surface area contributed by atoms with E-state index in [0.717, 1.165) is 0 Å². The predicted octanol–water partition coefficient (Wildman–Crippen LogP) is 12.9. The van der Waals surface area contributed by atoms with Crippen LogP contribution in [0.2, 0.25) is 0 Å². The van der Waals surface area contributed by atoms with Crippen LogP contribution in [0.4, 0.5) is 17.1 Å². The van der Waals surface area contributed by atoms with Crippen LogP contribution >= 0.6 is 0 Å². The summed E-state index contributed by atoms with van der Waals surface area (Å²) in [7, 11) is 0. The van der Waals surface area contributed by atoms with E-state index in [1.807, 2.05) is 0 Å². The second-order valence-electron chi connectivity index (χ2n) is 13.8. The van der Waals surface area contributed by atoms with Crippen LogP contribution in [0.3, 0.4) is 0 Å². The number of fused-ring (bicyclic) bond motifs is 7. The molecule has 0 N–H and O–H groups in total. The first-order valence-corrected chi connectivity index (χ1v) is 17.1. The zero-order valence-electron chi connectivity index (χ0n) is 27.6. The van der Waals surface area contributed by atoms with Gasteiger partial charge in [-0.25, -0.2) is 0 Å². The Labute approximate surface area is 286 Å². The molecule has 10 rings (SSSR count). The minimum absolute atomic E-state index is 0.183. The molecule has 0 spiro atoms. The molecule has 0 radical (unpaired) electrons. The second-order valence-corrected chi connectivity index (χ2v) is 13.8. The van der Waals surface area contributed by atoms with Crippen LogP contribution in [0.25, 0.3) is 60.2 Å². The summed E-state index contributed by atoms with van der Waals surface area (Å²) in [5, 5.41) is 7.53. The first-order chi connectivity index (χ1) is 24.1. The Balaban J connectivity index is 1.18. The van der Waals surface area contributed by atoms with Gasteiger partial charge in [-0.1, -0.05) is 135 Å². The lowest BCUT2D eigenvalue weighted by molar-refractivity contribution is 0.632. The van der Waals surface area contributed by atoms with Gasteiger partial charge in [0.2, 0.25) is 0 Å². The summed E-state index contributed by atoms with van der Waals surface area (Å²) < 4.78 is 2.44. The largest absolute Gasteiger partial charge is 0.309 e. The highest BCUT2D eigenvalue weighted by Gasteiger charge is 2.37. The second kappa shape index (κ2) is 10.4. The molecule has 0 bridgehead atoms. The van der Waals surface area contributed by atoms with Crippen LogP contribution in [0, 0.1) is 0 Å². The van der Waals surface area contributed by atoms with E-state index in [4.69, 9.17) is 0 Å². The molecule has 0 saturated heterocycles. The van der Waals surface area contributed by atoms with Gasteiger partial charge in [-0.05, 0) is 81.6 Å². The third-order valence-electron chi connectivity index (χ3n) is 10.8. The van der Waals surface area contributed by atoms with Gasteiger partial charge in [-0.3, -0.25) is 0 Å². The van der Waals surface area contributed by atoms with Crippen molar-refractivity contribution in [3.05, 3.63) is 181 Å². The van der Waals surface area contributed by atoms with Gasteiger partial charge < -0.3 is 9.47 Å². The van der Waals surface area contributed by atoms with Crippen molar-refractivity contribution in [1.82, 2.24) is 4.57 Å². The summed E-state index contributed by atoms with van der Waals surface area (Å²) >= 11 is 0. The number of aromatic nitrogens is 1. The number of hydrogen-bond acceptors (Lipinski definition) is 1. The van der Waals surface area contributed by atoms with E-state index in [1.54, 1.807) is 0 Å². The molecule has 8 aromatic carbocycles. The van der Waals surface area contributed by atoms with Gasteiger partial charge in [-0.2, -0.15) is 0 Å². The highest BCUT2D eigenvalue weighted by atomic mass is 15.2. The standard InChI is InChI=1S/C47H34N2/c1-47(2)39-20-8-10-22-45(39)49(42-24-12-16-32-14-4-6-18-36(32)42)46-28-26-34(30-40(46)47)33-25-27-44-38(29-33)37-19-7-9-21-43(37)48(44)41-23-11-15-31-13-3-5-17-35(31)41/h3-30H,1-2H3. The molecular weight excluding hydrogens is 593 g/mol. The fourth-order valence-electron chi connectivity index (χ4n) is 8.36. The summed E-state index contributed by atoms with van der Waals surface area (Å²) in [5.41, 5.74) is 12.3. The Bertz CT molecular complexity index is 2750. The number of rotatable bonds is 3. The number of nitrogens with zero attached hydrogens (tertiary/aromatic N) is 2. The molecule has 9 aromatic rings. The average molecular weight is 627 g/mol. The van der Waals surface area contributed by atoms with Crippen LogP contribution in [0.5, 0.6) is 0 Å². The van der Waals surface area contributed by atoms with E-state index in [2.05, 4.69) is 193 Å². The Hall–Kier alpha value is -6.12. The Kier molecular flexibility index (Phi) is 5.95. The van der Waals surface area contributed by atoms with Crippen LogP contribution < -0.4 is 4.90 Å². The summed E-state index contributed by atoms with van der Waals surface area (Å²) in [5.74, 6) is 0. The van der Waals surface area contributed by atoms with Crippen molar-refractivity contribution in [2.45, 2.75) is 19.3 Å². The zero-order valence-corrected chi connectivity index (χ0v) is 27.6. The van der Waals surface area contributed by atoms with Crippen molar-refractivity contribution in [3.63, 3.8) is 0 Å². The highest BCUT2D eigenvalue weighted by molar-refractivity contribution is 6.12.